The van der Waals surface area contributed by atoms with E-state index in [4.69, 9.17) is 16.3 Å². The van der Waals surface area contributed by atoms with E-state index < -0.39 is 15.9 Å². The summed E-state index contributed by atoms with van der Waals surface area (Å²) in [5, 5.41) is 0.611. The number of nitrogens with zero attached hydrogens (tertiary/aromatic N) is 3. The quantitative estimate of drug-likeness (QED) is 0.297. The zero-order valence-corrected chi connectivity index (χ0v) is 23.8. The number of benzene rings is 2. The van der Waals surface area contributed by atoms with Gasteiger partial charge in [-0.25, -0.2) is 8.42 Å². The third-order valence-corrected chi connectivity index (χ3v) is 8.50. The van der Waals surface area contributed by atoms with Crippen molar-refractivity contribution < 1.29 is 17.9 Å². The van der Waals surface area contributed by atoms with Crippen molar-refractivity contribution in [1.82, 2.24) is 8.87 Å². The van der Waals surface area contributed by atoms with Gasteiger partial charge in [-0.15, -0.1) is 0 Å². The van der Waals surface area contributed by atoms with Crippen molar-refractivity contribution >= 4 is 49.1 Å². The molecule has 0 saturated heterocycles. The number of sulfonamides is 1. The average molecular weight is 552 g/mol. The molecule has 10 heteroatoms. The van der Waals surface area contributed by atoms with Crippen molar-refractivity contribution in [2.45, 2.75) is 46.1 Å². The van der Waals surface area contributed by atoms with Gasteiger partial charge >= 0.3 is 0 Å². The molecular formula is C26H34ClN3O4S2. The van der Waals surface area contributed by atoms with Gasteiger partial charge in [0.25, 0.3) is 5.91 Å². The van der Waals surface area contributed by atoms with Crippen molar-refractivity contribution in [2.75, 3.05) is 26.3 Å². The first-order valence-corrected chi connectivity index (χ1v) is 14.7. The van der Waals surface area contributed by atoms with E-state index in [1.165, 1.54) is 39.9 Å². The highest BCUT2D eigenvalue weighted by atomic mass is 35.5. The fraction of sp³-hybridized carbons (Fsp3) is 0.462. The van der Waals surface area contributed by atoms with E-state index in [1.807, 2.05) is 51.3 Å². The predicted octanol–water partition coefficient (Wildman–Crippen LogP) is 5.44. The zero-order valence-electron chi connectivity index (χ0n) is 21.4. The third kappa shape index (κ3) is 7.04. The van der Waals surface area contributed by atoms with Gasteiger partial charge in [0, 0.05) is 36.8 Å². The highest BCUT2D eigenvalue weighted by molar-refractivity contribution is 7.89. The largest absolute Gasteiger partial charge is 0.380 e. The van der Waals surface area contributed by atoms with Gasteiger partial charge in [-0.3, -0.25) is 4.79 Å². The zero-order chi connectivity index (χ0) is 26.5. The Kier molecular flexibility index (Phi) is 9.88. The Morgan fingerprint density at radius 3 is 2.31 bits per heavy atom. The molecule has 0 saturated carbocycles. The van der Waals surface area contributed by atoms with Crippen LogP contribution in [-0.4, -0.2) is 49.5 Å². The molecule has 0 aliphatic carbocycles. The Balaban J connectivity index is 1.93. The number of aromatic nitrogens is 1. The standard InChI is InChI=1S/C26H34ClN3O4S2/c1-6-34-14-13-30-23-12-9-21(27)15-24(23)35-26(30)28-25(31)20-7-10-22(11-8-20)36(32,33)29(16-18(2)3)17-19(4)5/h7-12,15,18-19H,6,13-14,16-17H2,1-5H3. The maximum absolute atomic E-state index is 13.3. The van der Waals surface area contributed by atoms with Gasteiger partial charge in [0.05, 0.1) is 21.7 Å². The Labute approximate surface area is 222 Å². The van der Waals surface area contributed by atoms with Crippen molar-refractivity contribution in [3.8, 4) is 0 Å². The van der Waals surface area contributed by atoms with Gasteiger partial charge in [0.15, 0.2) is 4.80 Å². The van der Waals surface area contributed by atoms with Gasteiger partial charge in [0.2, 0.25) is 10.0 Å². The molecule has 0 fully saturated rings. The maximum atomic E-state index is 13.3. The average Bonchev–Trinajstić information content (AvgIpc) is 3.14. The van der Waals surface area contributed by atoms with Crippen LogP contribution in [0.2, 0.25) is 5.02 Å². The molecule has 196 valence electrons. The highest BCUT2D eigenvalue weighted by Gasteiger charge is 2.26. The molecule has 7 nitrogen and oxygen atoms in total. The fourth-order valence-electron chi connectivity index (χ4n) is 3.80. The molecule has 2 aromatic carbocycles. The summed E-state index contributed by atoms with van der Waals surface area (Å²) in [5.41, 5.74) is 1.24. The van der Waals surface area contributed by atoms with Crippen LogP contribution in [0.1, 0.15) is 45.0 Å². The second kappa shape index (κ2) is 12.5. The van der Waals surface area contributed by atoms with Crippen LogP contribution in [0, 0.1) is 11.8 Å². The summed E-state index contributed by atoms with van der Waals surface area (Å²) in [6, 6.07) is 11.6. The van der Waals surface area contributed by atoms with E-state index in [0.29, 0.717) is 48.2 Å². The second-order valence-electron chi connectivity index (χ2n) is 9.40. The minimum Gasteiger partial charge on any atom is -0.380 e. The number of carbonyl (C=O) groups excluding carboxylic acids is 1. The van der Waals surface area contributed by atoms with Crippen molar-refractivity contribution in [3.63, 3.8) is 0 Å². The summed E-state index contributed by atoms with van der Waals surface area (Å²) >= 11 is 7.54. The Morgan fingerprint density at radius 2 is 1.72 bits per heavy atom. The fourth-order valence-corrected chi connectivity index (χ4v) is 6.90. The SMILES string of the molecule is CCOCCn1c(=NC(=O)c2ccc(S(=O)(=O)N(CC(C)C)CC(C)C)cc2)sc2cc(Cl)ccc21. The first kappa shape index (κ1) is 28.5. The van der Waals surface area contributed by atoms with Crippen LogP contribution in [0.25, 0.3) is 10.2 Å². The summed E-state index contributed by atoms with van der Waals surface area (Å²) < 4.78 is 36.4. The molecule has 3 aromatic rings. The summed E-state index contributed by atoms with van der Waals surface area (Å²) in [7, 11) is -3.67. The number of hydrogen-bond acceptors (Lipinski definition) is 5. The minimum atomic E-state index is -3.67. The Morgan fingerprint density at radius 1 is 1.08 bits per heavy atom. The van der Waals surface area contributed by atoms with Gasteiger partial charge in [-0.05, 0) is 61.2 Å². The number of ether oxygens (including phenoxy) is 1. The van der Waals surface area contributed by atoms with Crippen LogP contribution in [0.15, 0.2) is 52.4 Å². The molecule has 36 heavy (non-hydrogen) atoms. The topological polar surface area (TPSA) is 81.0 Å². The van der Waals surface area contributed by atoms with Crippen LogP contribution in [-0.2, 0) is 21.3 Å². The first-order valence-electron chi connectivity index (χ1n) is 12.1. The van der Waals surface area contributed by atoms with Crippen molar-refractivity contribution in [1.29, 1.82) is 0 Å². The van der Waals surface area contributed by atoms with E-state index >= 15 is 0 Å². The molecule has 0 spiro atoms. The molecular weight excluding hydrogens is 518 g/mol. The van der Waals surface area contributed by atoms with Crippen molar-refractivity contribution in [3.05, 3.63) is 57.9 Å². The number of amides is 1. The van der Waals surface area contributed by atoms with E-state index in [9.17, 15) is 13.2 Å². The molecule has 0 atom stereocenters. The molecule has 3 rings (SSSR count). The van der Waals surface area contributed by atoms with Crippen LogP contribution in [0.4, 0.5) is 0 Å². The number of hydrogen-bond donors (Lipinski definition) is 0. The number of carbonyl (C=O) groups is 1. The smallest absolute Gasteiger partial charge is 0.279 e. The number of thiazole rings is 1. The van der Waals surface area contributed by atoms with Crippen molar-refractivity contribution in [2.24, 2.45) is 16.8 Å². The Hall–Kier alpha value is -2.04. The number of fused-ring (bicyclic) bond motifs is 1. The van der Waals surface area contributed by atoms with Crippen LogP contribution in [0.3, 0.4) is 0 Å². The van der Waals surface area contributed by atoms with Crippen LogP contribution in [0.5, 0.6) is 0 Å². The lowest BCUT2D eigenvalue weighted by molar-refractivity contribution is 0.0996. The Bertz CT molecular complexity index is 1350. The molecule has 0 radical (unpaired) electrons. The molecule has 0 aliphatic rings. The van der Waals surface area contributed by atoms with Gasteiger partial charge in [-0.2, -0.15) is 9.30 Å². The summed E-state index contributed by atoms with van der Waals surface area (Å²) in [4.78, 5) is 18.1. The predicted molar refractivity (Wildman–Crippen MR) is 146 cm³/mol. The molecule has 1 heterocycles. The van der Waals surface area contributed by atoms with Gasteiger partial charge in [0.1, 0.15) is 0 Å². The summed E-state index contributed by atoms with van der Waals surface area (Å²) in [6.45, 7) is 12.4. The summed E-state index contributed by atoms with van der Waals surface area (Å²) in [6.07, 6.45) is 0. The second-order valence-corrected chi connectivity index (χ2v) is 12.8. The van der Waals surface area contributed by atoms with E-state index in [2.05, 4.69) is 4.99 Å². The van der Waals surface area contributed by atoms with Crippen LogP contribution >= 0.6 is 22.9 Å². The molecule has 0 N–H and O–H groups in total. The lowest BCUT2D eigenvalue weighted by atomic mass is 10.2. The van der Waals surface area contributed by atoms with E-state index in [0.717, 1.165) is 10.2 Å². The van der Waals surface area contributed by atoms with E-state index in [-0.39, 0.29) is 16.7 Å². The monoisotopic (exact) mass is 551 g/mol. The van der Waals surface area contributed by atoms with Gasteiger partial charge in [-0.1, -0.05) is 50.6 Å². The normalized spacial score (nSPS) is 13.0. The lowest BCUT2D eigenvalue weighted by Crippen LogP contribution is -2.37. The summed E-state index contributed by atoms with van der Waals surface area (Å²) in [5.74, 6) is -0.0458. The first-order chi connectivity index (χ1) is 17.0. The highest BCUT2D eigenvalue weighted by Crippen LogP contribution is 2.23. The number of halogens is 1. The number of rotatable bonds is 11. The molecule has 0 bridgehead atoms. The van der Waals surface area contributed by atoms with E-state index in [1.54, 1.807) is 6.07 Å². The molecule has 1 amide bonds. The molecule has 1 aromatic heterocycles. The lowest BCUT2D eigenvalue weighted by Gasteiger charge is -2.25. The third-order valence-electron chi connectivity index (χ3n) is 5.38. The van der Waals surface area contributed by atoms with Crippen LogP contribution < -0.4 is 4.80 Å². The maximum Gasteiger partial charge on any atom is 0.279 e. The van der Waals surface area contributed by atoms with Gasteiger partial charge < -0.3 is 9.30 Å². The molecule has 0 aliphatic heterocycles. The molecule has 0 unspecified atom stereocenters. The minimum absolute atomic E-state index is 0.170.